The second-order valence-corrected chi connectivity index (χ2v) is 16.0. The fourth-order valence-electron chi connectivity index (χ4n) is 6.56. The van der Waals surface area contributed by atoms with Gasteiger partial charge in [-0.15, -0.1) is 0 Å². The molecule has 0 saturated heterocycles. The predicted molar refractivity (Wildman–Crippen MR) is 181 cm³/mol. The van der Waals surface area contributed by atoms with Gasteiger partial charge in [-0.2, -0.15) is 0 Å². The first-order chi connectivity index (χ1) is 21.1. The SMILES string of the molecule is C[Si]1(C)c2ccccc2-c2cccc(-c3nc(-c4ccccc4)nc(-c4ccc(-c5ccc6ccccc6c5)cc4)n3)c21. The molecule has 0 radical (unpaired) electrons. The molecule has 2 heterocycles. The van der Waals surface area contributed by atoms with Crippen molar-refractivity contribution >= 4 is 29.2 Å². The summed E-state index contributed by atoms with van der Waals surface area (Å²) < 4.78 is 0. The monoisotopic (exact) mass is 567 g/mol. The van der Waals surface area contributed by atoms with E-state index < -0.39 is 8.07 Å². The number of aromatic nitrogens is 3. The van der Waals surface area contributed by atoms with Crippen LogP contribution in [0.4, 0.5) is 0 Å². The lowest BCUT2D eigenvalue weighted by atomic mass is 10.00. The van der Waals surface area contributed by atoms with Gasteiger partial charge in [-0.3, -0.25) is 0 Å². The first-order valence-electron chi connectivity index (χ1n) is 14.7. The molecular weight excluding hydrogens is 539 g/mol. The average Bonchev–Trinajstić information content (AvgIpc) is 3.31. The molecule has 0 spiro atoms. The van der Waals surface area contributed by atoms with Crippen LogP contribution in [0.5, 0.6) is 0 Å². The van der Waals surface area contributed by atoms with Crippen LogP contribution in [0.15, 0.2) is 140 Å². The van der Waals surface area contributed by atoms with E-state index in [4.69, 9.17) is 15.0 Å². The molecule has 1 aromatic heterocycles. The van der Waals surface area contributed by atoms with Crippen LogP contribution in [0.2, 0.25) is 13.1 Å². The van der Waals surface area contributed by atoms with E-state index >= 15 is 0 Å². The Balaban J connectivity index is 1.27. The third kappa shape index (κ3) is 4.30. The number of fused-ring (bicyclic) bond motifs is 4. The van der Waals surface area contributed by atoms with Crippen LogP contribution in [0.1, 0.15) is 0 Å². The first-order valence-corrected chi connectivity index (χ1v) is 17.7. The van der Waals surface area contributed by atoms with Gasteiger partial charge >= 0.3 is 0 Å². The van der Waals surface area contributed by atoms with Crippen LogP contribution in [0.25, 0.3) is 67.2 Å². The zero-order valence-electron chi connectivity index (χ0n) is 24.1. The van der Waals surface area contributed by atoms with Crippen molar-refractivity contribution in [1.29, 1.82) is 0 Å². The van der Waals surface area contributed by atoms with Crippen molar-refractivity contribution in [1.82, 2.24) is 15.0 Å². The molecule has 0 bridgehead atoms. The van der Waals surface area contributed by atoms with Gasteiger partial charge in [0.2, 0.25) is 0 Å². The number of rotatable bonds is 4. The quantitative estimate of drug-likeness (QED) is 0.200. The lowest BCUT2D eigenvalue weighted by Gasteiger charge is -2.21. The van der Waals surface area contributed by atoms with E-state index in [0.717, 1.165) is 22.5 Å². The molecule has 0 fully saturated rings. The number of hydrogen-bond acceptors (Lipinski definition) is 3. The molecular formula is C39H29N3Si. The first kappa shape index (κ1) is 25.5. The largest absolute Gasteiger partial charge is 0.208 e. The van der Waals surface area contributed by atoms with Crippen molar-refractivity contribution in [2.75, 3.05) is 0 Å². The van der Waals surface area contributed by atoms with Gasteiger partial charge < -0.3 is 0 Å². The van der Waals surface area contributed by atoms with E-state index in [2.05, 4.69) is 134 Å². The lowest BCUT2D eigenvalue weighted by Crippen LogP contribution is -2.50. The minimum absolute atomic E-state index is 0.682. The predicted octanol–water partition coefficient (Wildman–Crippen LogP) is 8.50. The molecule has 1 aliphatic rings. The van der Waals surface area contributed by atoms with Crippen LogP contribution in [-0.2, 0) is 0 Å². The summed E-state index contributed by atoms with van der Waals surface area (Å²) in [5.41, 5.74) is 8.08. The highest BCUT2D eigenvalue weighted by atomic mass is 28.3. The zero-order chi connectivity index (χ0) is 29.0. The Morgan fingerprint density at radius 1 is 0.395 bits per heavy atom. The van der Waals surface area contributed by atoms with Crippen LogP contribution in [-0.4, -0.2) is 23.0 Å². The maximum Gasteiger partial charge on any atom is 0.164 e. The van der Waals surface area contributed by atoms with Gasteiger partial charge in [0.1, 0.15) is 8.07 Å². The van der Waals surface area contributed by atoms with Gasteiger partial charge in [0.25, 0.3) is 0 Å². The Morgan fingerprint density at radius 2 is 0.953 bits per heavy atom. The van der Waals surface area contributed by atoms with E-state index in [-0.39, 0.29) is 0 Å². The lowest BCUT2D eigenvalue weighted by molar-refractivity contribution is 1.08. The van der Waals surface area contributed by atoms with E-state index in [1.165, 1.54) is 43.4 Å². The zero-order valence-corrected chi connectivity index (χ0v) is 25.1. The Morgan fingerprint density at radius 3 is 1.74 bits per heavy atom. The van der Waals surface area contributed by atoms with Crippen LogP contribution in [0, 0.1) is 0 Å². The van der Waals surface area contributed by atoms with E-state index in [9.17, 15) is 0 Å². The number of benzene rings is 6. The standard InChI is InChI=1S/C39H29N3Si/c1-43(2)35-18-9-8-15-32(35)33-16-10-17-34(36(33)43)39-41-37(28-12-4-3-5-13-28)40-38(42-39)29-22-19-27(20-23-29)31-24-21-26-11-6-7-14-30(26)25-31/h3-25H,1-2H3. The molecule has 7 aromatic rings. The van der Waals surface area contributed by atoms with Gasteiger partial charge in [-0.1, -0.05) is 147 Å². The Hall–Kier alpha value is -5.19. The number of nitrogens with zero attached hydrogens (tertiary/aromatic N) is 3. The van der Waals surface area contributed by atoms with Gasteiger partial charge in [0, 0.05) is 16.7 Å². The maximum absolute atomic E-state index is 5.15. The molecule has 1 aliphatic heterocycles. The normalized spacial score (nSPS) is 13.1. The minimum Gasteiger partial charge on any atom is -0.208 e. The van der Waals surface area contributed by atoms with Crippen LogP contribution < -0.4 is 10.4 Å². The third-order valence-electron chi connectivity index (χ3n) is 8.71. The highest BCUT2D eigenvalue weighted by Gasteiger charge is 2.39. The summed E-state index contributed by atoms with van der Waals surface area (Å²) >= 11 is 0. The fourth-order valence-corrected chi connectivity index (χ4v) is 9.99. The second kappa shape index (κ2) is 9.97. The summed E-state index contributed by atoms with van der Waals surface area (Å²) in [5.74, 6) is 2.10. The maximum atomic E-state index is 5.15. The van der Waals surface area contributed by atoms with Crippen LogP contribution in [0.3, 0.4) is 0 Å². The van der Waals surface area contributed by atoms with E-state index in [1.54, 1.807) is 0 Å². The summed E-state index contributed by atoms with van der Waals surface area (Å²) in [6.45, 7) is 4.87. The molecule has 0 unspecified atom stereocenters. The van der Waals surface area contributed by atoms with Crippen molar-refractivity contribution in [2.45, 2.75) is 13.1 Å². The highest BCUT2D eigenvalue weighted by molar-refractivity contribution is 7.04. The van der Waals surface area contributed by atoms with Gasteiger partial charge in [-0.25, -0.2) is 15.0 Å². The smallest absolute Gasteiger partial charge is 0.164 e. The molecule has 204 valence electrons. The van der Waals surface area contributed by atoms with Crippen molar-refractivity contribution < 1.29 is 0 Å². The van der Waals surface area contributed by atoms with Crippen molar-refractivity contribution in [3.63, 3.8) is 0 Å². The summed E-state index contributed by atoms with van der Waals surface area (Å²) in [7, 11) is -1.97. The summed E-state index contributed by atoms with van der Waals surface area (Å²) in [6.07, 6.45) is 0. The molecule has 0 saturated carbocycles. The molecule has 0 atom stereocenters. The minimum atomic E-state index is -1.97. The molecule has 4 heteroatoms. The summed E-state index contributed by atoms with van der Waals surface area (Å²) in [6, 6.07) is 49.3. The van der Waals surface area contributed by atoms with Gasteiger partial charge in [-0.05, 0) is 49.5 Å². The Labute approximate surface area is 252 Å². The van der Waals surface area contributed by atoms with Crippen molar-refractivity contribution in [3.05, 3.63) is 140 Å². The second-order valence-electron chi connectivity index (χ2n) is 11.7. The fraction of sp³-hybridized carbons (Fsp3) is 0.0513. The topological polar surface area (TPSA) is 38.7 Å². The highest BCUT2D eigenvalue weighted by Crippen LogP contribution is 2.34. The van der Waals surface area contributed by atoms with E-state index in [1.807, 2.05) is 18.2 Å². The molecule has 0 amide bonds. The molecule has 0 aliphatic carbocycles. The summed E-state index contributed by atoms with van der Waals surface area (Å²) in [4.78, 5) is 15.2. The molecule has 3 nitrogen and oxygen atoms in total. The van der Waals surface area contributed by atoms with Crippen molar-refractivity contribution in [2.24, 2.45) is 0 Å². The van der Waals surface area contributed by atoms with E-state index in [0.29, 0.717) is 11.6 Å². The van der Waals surface area contributed by atoms with Gasteiger partial charge in [0.05, 0.1) is 0 Å². The van der Waals surface area contributed by atoms with Gasteiger partial charge in [0.15, 0.2) is 17.5 Å². The Kier molecular flexibility index (Phi) is 5.91. The molecule has 43 heavy (non-hydrogen) atoms. The molecule has 0 N–H and O–H groups in total. The van der Waals surface area contributed by atoms with Crippen LogP contribution >= 0.6 is 0 Å². The average molecular weight is 568 g/mol. The van der Waals surface area contributed by atoms with Crippen molar-refractivity contribution in [3.8, 4) is 56.4 Å². The number of hydrogen-bond donors (Lipinski definition) is 0. The summed E-state index contributed by atoms with van der Waals surface area (Å²) in [5, 5.41) is 5.36. The molecule has 6 aromatic carbocycles. The third-order valence-corrected chi connectivity index (χ3v) is 12.3. The molecule has 8 rings (SSSR count). The Bertz CT molecular complexity index is 2150.